The summed E-state index contributed by atoms with van der Waals surface area (Å²) in [5, 5.41) is 8.00. The molecule has 0 radical (unpaired) electrons. The van der Waals surface area contributed by atoms with Crippen LogP contribution >= 0.6 is 0 Å². The molecule has 0 aliphatic heterocycles. The van der Waals surface area contributed by atoms with Gasteiger partial charge in [0.2, 0.25) is 21.8 Å². The van der Waals surface area contributed by atoms with Crippen LogP contribution in [0.1, 0.15) is 24.0 Å². The van der Waals surface area contributed by atoms with Gasteiger partial charge in [0.15, 0.2) is 0 Å². The first-order chi connectivity index (χ1) is 19.7. The third-order valence-corrected chi connectivity index (χ3v) is 7.88. The summed E-state index contributed by atoms with van der Waals surface area (Å²) in [5.74, 6) is -3.22. The van der Waals surface area contributed by atoms with Crippen LogP contribution in [-0.4, -0.2) is 44.3 Å². The first-order valence-electron chi connectivity index (χ1n) is 12.8. The lowest BCUT2D eigenvalue weighted by Gasteiger charge is -2.24. The maximum absolute atomic E-state index is 13.3. The monoisotopic (exact) mass is 603 g/mol. The van der Waals surface area contributed by atoms with Crippen LogP contribution in [0, 0.1) is 11.8 Å². The van der Waals surface area contributed by atoms with Gasteiger partial charge in [0.1, 0.15) is 11.5 Å². The standard InChI is InChI=1S/C29H28F3N3O6S/c1-35(17-19-6-10-20(11-7-19)23-4-2-3-5-26(23)42(33,39)40)28(38)25-15-21(36)14-24(25)27(37)34-16-18-8-12-22(13-9-18)41-29(30,31)32/h2-13,24-25H,14-17H2,1H3,(H,34,37)(H2,33,39,40). The van der Waals surface area contributed by atoms with Gasteiger partial charge < -0.3 is 15.0 Å². The van der Waals surface area contributed by atoms with Crippen LogP contribution in [0.2, 0.25) is 0 Å². The Balaban J connectivity index is 1.38. The number of halogens is 3. The normalized spacial score (nSPS) is 17.1. The molecular formula is C29H28F3N3O6S. The number of nitrogens with zero attached hydrogens (tertiary/aromatic N) is 1. The van der Waals surface area contributed by atoms with Crippen molar-refractivity contribution in [1.29, 1.82) is 0 Å². The fourth-order valence-corrected chi connectivity index (χ4v) is 5.66. The van der Waals surface area contributed by atoms with Crippen molar-refractivity contribution in [3.8, 4) is 16.9 Å². The van der Waals surface area contributed by atoms with Crippen LogP contribution in [0.3, 0.4) is 0 Å². The number of sulfonamides is 1. The number of ether oxygens (including phenoxy) is 1. The highest BCUT2D eigenvalue weighted by molar-refractivity contribution is 7.89. The van der Waals surface area contributed by atoms with Crippen molar-refractivity contribution >= 4 is 27.6 Å². The third kappa shape index (κ3) is 7.74. The van der Waals surface area contributed by atoms with Crippen molar-refractivity contribution in [2.45, 2.75) is 37.2 Å². The van der Waals surface area contributed by atoms with Gasteiger partial charge in [-0.1, -0.05) is 54.6 Å². The highest BCUT2D eigenvalue weighted by Gasteiger charge is 2.43. The summed E-state index contributed by atoms with van der Waals surface area (Å²) in [6, 6.07) is 18.3. The topological polar surface area (TPSA) is 136 Å². The van der Waals surface area contributed by atoms with Crippen molar-refractivity contribution in [3.63, 3.8) is 0 Å². The number of hydrogen-bond donors (Lipinski definition) is 2. The summed E-state index contributed by atoms with van der Waals surface area (Å²) in [6.07, 6.45) is -4.98. The number of carbonyl (C=O) groups excluding carboxylic acids is 3. The third-order valence-electron chi connectivity index (χ3n) is 6.91. The van der Waals surface area contributed by atoms with Crippen molar-refractivity contribution < 1.29 is 40.7 Å². The molecule has 1 saturated carbocycles. The highest BCUT2D eigenvalue weighted by Crippen LogP contribution is 2.32. The molecule has 42 heavy (non-hydrogen) atoms. The van der Waals surface area contributed by atoms with E-state index in [-0.39, 0.29) is 42.5 Å². The highest BCUT2D eigenvalue weighted by atomic mass is 32.2. The van der Waals surface area contributed by atoms with E-state index >= 15 is 0 Å². The first kappa shape index (κ1) is 30.7. The zero-order valence-electron chi connectivity index (χ0n) is 22.4. The van der Waals surface area contributed by atoms with Crippen molar-refractivity contribution in [2.75, 3.05) is 7.05 Å². The smallest absolute Gasteiger partial charge is 0.406 e. The largest absolute Gasteiger partial charge is 0.573 e. The Kier molecular flexibility index (Phi) is 9.02. The van der Waals surface area contributed by atoms with E-state index in [1.54, 1.807) is 49.5 Å². The number of alkyl halides is 3. The summed E-state index contributed by atoms with van der Waals surface area (Å²) >= 11 is 0. The van der Waals surface area contributed by atoms with Gasteiger partial charge in [0, 0.05) is 38.5 Å². The number of ketones is 1. The second kappa shape index (κ2) is 12.3. The Morgan fingerprint density at radius 3 is 2.17 bits per heavy atom. The molecule has 222 valence electrons. The minimum absolute atomic E-state index is 0.00644. The molecule has 0 saturated heterocycles. The fraction of sp³-hybridized carbons (Fsp3) is 0.276. The number of rotatable bonds is 9. The van der Waals surface area contributed by atoms with Crippen LogP contribution in [0.15, 0.2) is 77.7 Å². The van der Waals surface area contributed by atoms with Gasteiger partial charge in [0.25, 0.3) is 0 Å². The number of benzene rings is 3. The average Bonchev–Trinajstić information content (AvgIpc) is 3.32. The SMILES string of the molecule is CN(Cc1ccc(-c2ccccc2S(N)(=O)=O)cc1)C(=O)C1CC(=O)CC1C(=O)NCc1ccc(OC(F)(F)F)cc1. The Morgan fingerprint density at radius 1 is 0.952 bits per heavy atom. The lowest BCUT2D eigenvalue weighted by Crippen LogP contribution is -2.40. The zero-order valence-corrected chi connectivity index (χ0v) is 23.2. The average molecular weight is 604 g/mol. The molecular weight excluding hydrogens is 575 g/mol. The van der Waals surface area contributed by atoms with E-state index in [1.807, 2.05) is 0 Å². The molecule has 2 atom stereocenters. The second-order valence-electron chi connectivity index (χ2n) is 10.0. The number of amides is 2. The van der Waals surface area contributed by atoms with Gasteiger partial charge >= 0.3 is 6.36 Å². The summed E-state index contributed by atoms with van der Waals surface area (Å²) in [4.78, 5) is 39.9. The minimum Gasteiger partial charge on any atom is -0.406 e. The molecule has 3 N–H and O–H groups in total. The van der Waals surface area contributed by atoms with E-state index in [4.69, 9.17) is 5.14 Å². The Bertz CT molecular complexity index is 1580. The van der Waals surface area contributed by atoms with Crippen LogP contribution in [0.5, 0.6) is 5.75 Å². The van der Waals surface area contributed by atoms with Gasteiger partial charge in [0.05, 0.1) is 16.7 Å². The van der Waals surface area contributed by atoms with Gasteiger partial charge in [-0.25, -0.2) is 13.6 Å². The molecule has 3 aromatic carbocycles. The van der Waals surface area contributed by atoms with Crippen molar-refractivity contribution in [2.24, 2.45) is 17.0 Å². The zero-order chi connectivity index (χ0) is 30.7. The molecule has 0 aromatic heterocycles. The molecule has 1 fully saturated rings. The quantitative estimate of drug-likeness (QED) is 0.382. The van der Waals surface area contributed by atoms with Gasteiger partial charge in [-0.15, -0.1) is 13.2 Å². The summed E-state index contributed by atoms with van der Waals surface area (Å²) in [6.45, 7) is 0.175. The minimum atomic E-state index is -4.81. The number of carbonyl (C=O) groups is 3. The summed E-state index contributed by atoms with van der Waals surface area (Å²) < 4.78 is 64.8. The van der Waals surface area contributed by atoms with E-state index in [1.165, 1.54) is 23.1 Å². The molecule has 1 aliphatic carbocycles. The van der Waals surface area contributed by atoms with Gasteiger partial charge in [-0.2, -0.15) is 0 Å². The van der Waals surface area contributed by atoms with Crippen LogP contribution in [0.25, 0.3) is 11.1 Å². The number of hydrogen-bond acceptors (Lipinski definition) is 6. The van der Waals surface area contributed by atoms with E-state index < -0.39 is 39.9 Å². The van der Waals surface area contributed by atoms with Crippen molar-refractivity contribution in [3.05, 3.63) is 83.9 Å². The molecule has 2 unspecified atom stereocenters. The second-order valence-corrected chi connectivity index (χ2v) is 11.5. The van der Waals surface area contributed by atoms with Crippen LogP contribution in [-0.2, 0) is 37.5 Å². The van der Waals surface area contributed by atoms with E-state index in [2.05, 4.69) is 10.1 Å². The molecule has 0 bridgehead atoms. The van der Waals surface area contributed by atoms with E-state index in [0.717, 1.165) is 17.7 Å². The Hall–Kier alpha value is -4.23. The van der Waals surface area contributed by atoms with Crippen molar-refractivity contribution in [1.82, 2.24) is 10.2 Å². The predicted molar refractivity (Wildman–Crippen MR) is 146 cm³/mol. The predicted octanol–water partition coefficient (Wildman–Crippen LogP) is 3.77. The van der Waals surface area contributed by atoms with Gasteiger partial charge in [-0.05, 0) is 34.9 Å². The lowest BCUT2D eigenvalue weighted by molar-refractivity contribution is -0.274. The summed E-state index contributed by atoms with van der Waals surface area (Å²) in [7, 11) is -2.37. The first-order valence-corrected chi connectivity index (χ1v) is 14.4. The van der Waals surface area contributed by atoms with Crippen LogP contribution in [0.4, 0.5) is 13.2 Å². The molecule has 13 heteroatoms. The molecule has 2 amide bonds. The van der Waals surface area contributed by atoms with Gasteiger partial charge in [-0.3, -0.25) is 14.4 Å². The van der Waals surface area contributed by atoms with E-state index in [0.29, 0.717) is 16.7 Å². The molecule has 4 rings (SSSR count). The maximum Gasteiger partial charge on any atom is 0.573 e. The van der Waals surface area contributed by atoms with E-state index in [9.17, 15) is 36.0 Å². The number of nitrogens with two attached hydrogens (primary N) is 1. The molecule has 0 spiro atoms. The molecule has 0 heterocycles. The number of Topliss-reactive ketones (excluding diaryl/α,β-unsaturated/α-hetero) is 1. The summed E-state index contributed by atoms with van der Waals surface area (Å²) in [5.41, 5.74) is 2.32. The van der Waals surface area contributed by atoms with Crippen LogP contribution < -0.4 is 15.2 Å². The Labute approximate surface area is 240 Å². The molecule has 9 nitrogen and oxygen atoms in total. The lowest BCUT2D eigenvalue weighted by atomic mass is 9.93. The number of nitrogens with one attached hydrogen (secondary N) is 1. The number of primary sulfonamides is 1. The Morgan fingerprint density at radius 2 is 1.55 bits per heavy atom. The molecule has 3 aromatic rings. The maximum atomic E-state index is 13.3. The molecule has 1 aliphatic rings. The fourth-order valence-electron chi connectivity index (χ4n) is 4.90.